The summed E-state index contributed by atoms with van der Waals surface area (Å²) in [4.78, 5) is 22.1. The molecule has 33 heavy (non-hydrogen) atoms. The summed E-state index contributed by atoms with van der Waals surface area (Å²) in [6.45, 7) is 0. The van der Waals surface area contributed by atoms with Crippen LogP contribution < -0.4 is 5.73 Å². The Morgan fingerprint density at radius 1 is 1.15 bits per heavy atom. The molecule has 0 saturated heterocycles. The Hall–Kier alpha value is -4.63. The van der Waals surface area contributed by atoms with Crippen LogP contribution in [0.1, 0.15) is 29.6 Å². The average Bonchev–Trinajstić information content (AvgIpc) is 3.31. The van der Waals surface area contributed by atoms with E-state index in [2.05, 4.69) is 27.2 Å². The Morgan fingerprint density at radius 2 is 2.00 bits per heavy atom. The number of fused-ring (bicyclic) bond motifs is 1. The van der Waals surface area contributed by atoms with Gasteiger partial charge >= 0.3 is 0 Å². The fourth-order valence-electron chi connectivity index (χ4n) is 4.37. The highest BCUT2D eigenvalue weighted by atomic mass is 16.1. The Bertz CT molecular complexity index is 1470. The molecule has 0 unspecified atom stereocenters. The van der Waals surface area contributed by atoms with E-state index in [0.29, 0.717) is 29.8 Å². The maximum Gasteiger partial charge on any atom is 0.248 e. The van der Waals surface area contributed by atoms with Gasteiger partial charge in [0.1, 0.15) is 5.69 Å². The van der Waals surface area contributed by atoms with Crippen LogP contribution in [0.4, 0.5) is 0 Å². The number of benzene rings is 1. The molecule has 2 N–H and O–H groups in total. The van der Waals surface area contributed by atoms with Crippen molar-refractivity contribution in [3.05, 3.63) is 60.6 Å². The molecule has 0 atom stereocenters. The lowest BCUT2D eigenvalue weighted by atomic mass is 9.68. The minimum atomic E-state index is -0.559. The topological polar surface area (TPSA) is 147 Å². The second-order valence-electron chi connectivity index (χ2n) is 8.20. The van der Waals surface area contributed by atoms with Crippen LogP contribution in [-0.2, 0) is 5.54 Å². The Kier molecular flexibility index (Phi) is 4.80. The number of carbonyl (C=O) groups excluding carboxylic acids is 1. The first kappa shape index (κ1) is 20.3. The summed E-state index contributed by atoms with van der Waals surface area (Å²) in [6.07, 6.45) is 6.26. The van der Waals surface area contributed by atoms with Crippen LogP contribution in [0.2, 0.25) is 0 Å². The lowest BCUT2D eigenvalue weighted by molar-refractivity contribution is 0.0713. The number of nitrogens with two attached hydrogens (primary N) is 1. The molecule has 9 nitrogen and oxygen atoms in total. The highest BCUT2D eigenvalue weighted by Crippen LogP contribution is 2.45. The first-order chi connectivity index (χ1) is 16.0. The number of aromatic nitrogens is 5. The summed E-state index contributed by atoms with van der Waals surface area (Å²) >= 11 is 0. The number of pyridine rings is 2. The van der Waals surface area contributed by atoms with E-state index in [0.717, 1.165) is 22.0 Å². The summed E-state index contributed by atoms with van der Waals surface area (Å²) in [5.74, 6) is -0.621. The Morgan fingerprint density at radius 3 is 2.76 bits per heavy atom. The largest absolute Gasteiger partial charge is 0.366 e. The zero-order chi connectivity index (χ0) is 23.0. The van der Waals surface area contributed by atoms with Crippen LogP contribution in [-0.4, -0.2) is 30.9 Å². The van der Waals surface area contributed by atoms with Crippen LogP contribution in [0.3, 0.4) is 0 Å². The van der Waals surface area contributed by atoms with Crippen molar-refractivity contribution >= 4 is 16.8 Å². The number of nitrogens with zero attached hydrogens (tertiary/aromatic N) is 7. The third kappa shape index (κ3) is 3.46. The van der Waals surface area contributed by atoms with Crippen molar-refractivity contribution in [1.82, 2.24) is 25.0 Å². The van der Waals surface area contributed by atoms with Crippen LogP contribution in [0, 0.1) is 28.6 Å². The van der Waals surface area contributed by atoms with Gasteiger partial charge < -0.3 is 5.73 Å². The second kappa shape index (κ2) is 7.81. The third-order valence-corrected chi connectivity index (χ3v) is 6.10. The summed E-state index contributed by atoms with van der Waals surface area (Å²) in [5, 5.41) is 28.6. The number of rotatable bonds is 5. The molecule has 9 heteroatoms. The molecule has 0 radical (unpaired) electrons. The van der Waals surface area contributed by atoms with Gasteiger partial charge in [-0.15, -0.1) is 0 Å². The zero-order valence-corrected chi connectivity index (χ0v) is 17.5. The van der Waals surface area contributed by atoms with Gasteiger partial charge in [-0.1, -0.05) is 6.07 Å². The van der Waals surface area contributed by atoms with Crippen molar-refractivity contribution in [1.29, 1.82) is 10.5 Å². The summed E-state index contributed by atoms with van der Waals surface area (Å²) in [6, 6.07) is 15.3. The molecule has 1 fully saturated rings. The number of amides is 1. The lowest BCUT2D eigenvalue weighted by Crippen LogP contribution is -2.47. The molecular formula is C24H18N8O. The second-order valence-corrected chi connectivity index (χ2v) is 8.20. The van der Waals surface area contributed by atoms with Crippen LogP contribution in [0.5, 0.6) is 0 Å². The molecule has 1 aliphatic rings. The maximum absolute atomic E-state index is 11.6. The average molecular weight is 434 g/mol. The fourth-order valence-corrected chi connectivity index (χ4v) is 4.37. The van der Waals surface area contributed by atoms with Crippen LogP contribution in [0.15, 0.2) is 55.0 Å². The van der Waals surface area contributed by atoms with Gasteiger partial charge in [0.15, 0.2) is 0 Å². The molecule has 160 valence electrons. The SMILES string of the molecule is N#CCC1(n2ncc(-c3cc(-c4cc(C(N)=O)ccn4)cc4ncccc34)n2)CC(C#N)C1. The smallest absolute Gasteiger partial charge is 0.248 e. The summed E-state index contributed by atoms with van der Waals surface area (Å²) < 4.78 is 0. The molecule has 1 aliphatic carbocycles. The van der Waals surface area contributed by atoms with Gasteiger partial charge in [-0.05, 0) is 43.2 Å². The minimum Gasteiger partial charge on any atom is -0.366 e. The van der Waals surface area contributed by atoms with Gasteiger partial charge in [0, 0.05) is 34.5 Å². The van der Waals surface area contributed by atoms with Gasteiger partial charge in [-0.25, -0.2) is 0 Å². The van der Waals surface area contributed by atoms with Crippen molar-refractivity contribution in [3.8, 4) is 34.7 Å². The van der Waals surface area contributed by atoms with Crippen molar-refractivity contribution < 1.29 is 4.79 Å². The maximum atomic E-state index is 11.6. The molecule has 4 aromatic rings. The molecule has 0 spiro atoms. The highest BCUT2D eigenvalue weighted by molar-refractivity contribution is 5.98. The van der Waals surface area contributed by atoms with Gasteiger partial charge in [-0.2, -0.15) is 25.5 Å². The number of hydrogen-bond donors (Lipinski definition) is 1. The monoisotopic (exact) mass is 434 g/mol. The standard InChI is InChI=1S/C24H18N8O/c25-5-4-24(11-15(12-24)13-26)32-30-14-22(31-32)19-8-17(10-21-18(19)2-1-6-28-21)20-9-16(23(27)33)3-7-29-20/h1-3,6-10,14-15H,4,11-12H2,(H2,27,33). The molecule has 3 heterocycles. The van der Waals surface area contributed by atoms with Crippen molar-refractivity contribution in [2.75, 3.05) is 0 Å². The number of carbonyl (C=O) groups is 1. The predicted molar refractivity (Wildman–Crippen MR) is 119 cm³/mol. The van der Waals surface area contributed by atoms with E-state index < -0.39 is 11.4 Å². The molecule has 0 aliphatic heterocycles. The van der Waals surface area contributed by atoms with Gasteiger partial charge in [-0.3, -0.25) is 14.8 Å². The van der Waals surface area contributed by atoms with Crippen molar-refractivity contribution in [2.45, 2.75) is 24.8 Å². The summed E-state index contributed by atoms with van der Waals surface area (Å²) in [7, 11) is 0. The van der Waals surface area contributed by atoms with Crippen LogP contribution in [0.25, 0.3) is 33.4 Å². The first-order valence-electron chi connectivity index (χ1n) is 10.4. The van der Waals surface area contributed by atoms with E-state index >= 15 is 0 Å². The van der Waals surface area contributed by atoms with E-state index in [1.165, 1.54) is 0 Å². The molecular weight excluding hydrogens is 416 g/mol. The molecule has 1 saturated carbocycles. The predicted octanol–water partition coefficient (Wildman–Crippen LogP) is 3.20. The van der Waals surface area contributed by atoms with E-state index in [-0.39, 0.29) is 12.3 Å². The Labute approximate surface area is 189 Å². The van der Waals surface area contributed by atoms with Gasteiger partial charge in [0.25, 0.3) is 0 Å². The number of nitriles is 2. The van der Waals surface area contributed by atoms with Gasteiger partial charge in [0.05, 0.1) is 47.4 Å². The minimum absolute atomic E-state index is 0.0928. The fraction of sp³-hybridized carbons (Fsp3) is 0.208. The van der Waals surface area contributed by atoms with Crippen molar-refractivity contribution in [3.63, 3.8) is 0 Å². The first-order valence-corrected chi connectivity index (χ1v) is 10.4. The van der Waals surface area contributed by atoms with Crippen LogP contribution >= 0.6 is 0 Å². The molecule has 3 aromatic heterocycles. The molecule has 5 rings (SSSR count). The number of hydrogen-bond acceptors (Lipinski definition) is 7. The molecule has 0 bridgehead atoms. The van der Waals surface area contributed by atoms with E-state index in [1.807, 2.05) is 24.3 Å². The lowest BCUT2D eigenvalue weighted by Gasteiger charge is -2.42. The molecule has 1 amide bonds. The number of primary amides is 1. The third-order valence-electron chi connectivity index (χ3n) is 6.10. The van der Waals surface area contributed by atoms with Gasteiger partial charge in [0.2, 0.25) is 5.91 Å². The Balaban J connectivity index is 1.62. The zero-order valence-electron chi connectivity index (χ0n) is 17.5. The normalized spacial score (nSPS) is 19.4. The quantitative estimate of drug-likeness (QED) is 0.507. The summed E-state index contributed by atoms with van der Waals surface area (Å²) in [5.41, 5.74) is 8.75. The van der Waals surface area contributed by atoms with E-state index in [4.69, 9.17) is 10.8 Å². The van der Waals surface area contributed by atoms with E-state index in [9.17, 15) is 15.3 Å². The van der Waals surface area contributed by atoms with E-state index in [1.54, 1.807) is 35.5 Å². The highest BCUT2D eigenvalue weighted by Gasteiger charge is 2.48. The van der Waals surface area contributed by atoms with Crippen molar-refractivity contribution in [2.24, 2.45) is 11.7 Å². The molecule has 1 aromatic carbocycles.